The summed E-state index contributed by atoms with van der Waals surface area (Å²) in [7, 11) is 0. The fourth-order valence-electron chi connectivity index (χ4n) is 1.90. The molecule has 2 aromatic rings. The molecule has 1 fully saturated rings. The zero-order valence-corrected chi connectivity index (χ0v) is 13.1. The van der Waals surface area contributed by atoms with E-state index in [1.807, 2.05) is 0 Å². The summed E-state index contributed by atoms with van der Waals surface area (Å²) in [5, 5.41) is 2.90. The van der Waals surface area contributed by atoms with Crippen LogP contribution < -0.4 is 5.32 Å². The van der Waals surface area contributed by atoms with Crippen LogP contribution in [0.4, 0.5) is 14.5 Å². The van der Waals surface area contributed by atoms with E-state index < -0.39 is 5.82 Å². The molecule has 1 saturated heterocycles. The van der Waals surface area contributed by atoms with Crippen molar-refractivity contribution < 1.29 is 13.6 Å². The zero-order chi connectivity index (χ0) is 16.4. The van der Waals surface area contributed by atoms with Crippen LogP contribution in [0.3, 0.4) is 0 Å². The van der Waals surface area contributed by atoms with Crippen LogP contribution in [0.2, 0.25) is 5.02 Å². The Morgan fingerprint density at radius 1 is 1.17 bits per heavy atom. The van der Waals surface area contributed by atoms with Gasteiger partial charge in [-0.2, -0.15) is 0 Å². The summed E-state index contributed by atoms with van der Waals surface area (Å²) in [5.41, 5.74) is 1.000. The Bertz CT molecular complexity index is 852. The molecule has 7 heteroatoms. The van der Waals surface area contributed by atoms with E-state index in [9.17, 15) is 13.6 Å². The predicted octanol–water partition coefficient (Wildman–Crippen LogP) is 4.51. The molecule has 0 unspecified atom stereocenters. The molecular formula is C16H9ClF2N2OS. The molecule has 0 atom stereocenters. The summed E-state index contributed by atoms with van der Waals surface area (Å²) in [6, 6.07) is 9.94. The van der Waals surface area contributed by atoms with Crippen molar-refractivity contribution in [2.75, 3.05) is 0 Å². The number of thioether (sulfide) groups is 1. The smallest absolute Gasteiger partial charge is 0.264 e. The second-order valence-electron chi connectivity index (χ2n) is 4.64. The molecule has 0 radical (unpaired) electrons. The molecule has 1 N–H and O–H groups in total. The van der Waals surface area contributed by atoms with Gasteiger partial charge in [0.25, 0.3) is 5.91 Å². The van der Waals surface area contributed by atoms with Gasteiger partial charge in [0.15, 0.2) is 5.17 Å². The van der Waals surface area contributed by atoms with Crippen LogP contribution >= 0.6 is 23.4 Å². The third-order valence-electron chi connectivity index (χ3n) is 2.93. The monoisotopic (exact) mass is 350 g/mol. The van der Waals surface area contributed by atoms with Gasteiger partial charge < -0.3 is 5.32 Å². The number of carbonyl (C=O) groups excluding carboxylic acids is 1. The van der Waals surface area contributed by atoms with Gasteiger partial charge in [-0.15, -0.1) is 0 Å². The number of hydrogen-bond acceptors (Lipinski definition) is 3. The molecule has 23 heavy (non-hydrogen) atoms. The summed E-state index contributed by atoms with van der Waals surface area (Å²) in [6.07, 6.45) is 1.57. The highest BCUT2D eigenvalue weighted by atomic mass is 35.5. The van der Waals surface area contributed by atoms with Crippen LogP contribution in [0.1, 0.15) is 5.56 Å². The van der Waals surface area contributed by atoms with Crippen molar-refractivity contribution in [1.29, 1.82) is 0 Å². The first-order valence-electron chi connectivity index (χ1n) is 6.51. The predicted molar refractivity (Wildman–Crippen MR) is 88.6 cm³/mol. The molecule has 0 saturated carbocycles. The Morgan fingerprint density at radius 3 is 2.74 bits per heavy atom. The minimum atomic E-state index is -0.537. The first-order chi connectivity index (χ1) is 11.0. The van der Waals surface area contributed by atoms with E-state index in [2.05, 4.69) is 10.3 Å². The first-order valence-corrected chi connectivity index (χ1v) is 7.71. The van der Waals surface area contributed by atoms with E-state index in [4.69, 9.17) is 11.6 Å². The van der Waals surface area contributed by atoms with E-state index in [1.165, 1.54) is 30.3 Å². The Labute approximate surface area is 140 Å². The van der Waals surface area contributed by atoms with Crippen LogP contribution in [-0.2, 0) is 4.79 Å². The number of hydrogen-bond donors (Lipinski definition) is 1. The molecule has 1 aliphatic heterocycles. The molecular weight excluding hydrogens is 342 g/mol. The van der Waals surface area contributed by atoms with Gasteiger partial charge in [0.2, 0.25) is 0 Å². The maximum absolute atomic E-state index is 13.2. The molecule has 1 aliphatic rings. The molecule has 0 bridgehead atoms. The number of amides is 1. The average Bonchev–Trinajstić information content (AvgIpc) is 2.83. The van der Waals surface area contributed by atoms with Gasteiger partial charge in [-0.05, 0) is 53.7 Å². The van der Waals surface area contributed by atoms with Crippen molar-refractivity contribution in [2.24, 2.45) is 4.99 Å². The lowest BCUT2D eigenvalue weighted by molar-refractivity contribution is -0.115. The second kappa shape index (κ2) is 6.52. The van der Waals surface area contributed by atoms with Crippen LogP contribution in [0, 0.1) is 11.6 Å². The van der Waals surface area contributed by atoms with E-state index in [1.54, 1.807) is 18.2 Å². The van der Waals surface area contributed by atoms with Gasteiger partial charge in [-0.25, -0.2) is 13.8 Å². The van der Waals surface area contributed by atoms with Crippen molar-refractivity contribution in [3.8, 4) is 0 Å². The van der Waals surface area contributed by atoms with Gasteiger partial charge in [0, 0.05) is 0 Å². The van der Waals surface area contributed by atoms with Gasteiger partial charge in [-0.1, -0.05) is 23.7 Å². The van der Waals surface area contributed by atoms with Gasteiger partial charge in [-0.3, -0.25) is 4.79 Å². The van der Waals surface area contributed by atoms with Crippen molar-refractivity contribution in [1.82, 2.24) is 5.32 Å². The van der Waals surface area contributed by atoms with Gasteiger partial charge in [0.05, 0.1) is 15.6 Å². The summed E-state index contributed by atoms with van der Waals surface area (Å²) >= 11 is 6.81. The van der Waals surface area contributed by atoms with Crippen LogP contribution in [0.15, 0.2) is 52.4 Å². The molecule has 3 nitrogen and oxygen atoms in total. The van der Waals surface area contributed by atoms with Gasteiger partial charge in [0.1, 0.15) is 11.6 Å². The number of rotatable bonds is 2. The number of carbonyl (C=O) groups is 1. The number of amidine groups is 1. The summed E-state index contributed by atoms with van der Waals surface area (Å²) in [5.74, 6) is -1.24. The highest BCUT2D eigenvalue weighted by Crippen LogP contribution is 2.29. The number of nitrogens with zero attached hydrogens (tertiary/aromatic N) is 1. The Kier molecular flexibility index (Phi) is 4.45. The highest BCUT2D eigenvalue weighted by Gasteiger charge is 2.23. The second-order valence-corrected chi connectivity index (χ2v) is 6.07. The van der Waals surface area contributed by atoms with Crippen molar-refractivity contribution in [3.63, 3.8) is 0 Å². The fourth-order valence-corrected chi connectivity index (χ4v) is 2.92. The lowest BCUT2D eigenvalue weighted by Gasteiger charge is -1.98. The van der Waals surface area contributed by atoms with E-state index >= 15 is 0 Å². The molecule has 116 valence electrons. The minimum absolute atomic E-state index is 0.0447. The maximum atomic E-state index is 13.2. The SMILES string of the molecule is O=C1NC(=Nc2ccc(F)c(Cl)c2)SC1=Cc1cccc(F)c1. The third-order valence-corrected chi connectivity index (χ3v) is 4.13. The molecule has 0 aliphatic carbocycles. The molecule has 0 aromatic heterocycles. The number of benzene rings is 2. The van der Waals surface area contributed by atoms with Crippen molar-refractivity contribution >= 4 is 46.2 Å². The van der Waals surface area contributed by atoms with Crippen LogP contribution in [-0.4, -0.2) is 11.1 Å². The highest BCUT2D eigenvalue weighted by molar-refractivity contribution is 8.18. The lowest BCUT2D eigenvalue weighted by atomic mass is 10.2. The maximum Gasteiger partial charge on any atom is 0.264 e. The molecule has 2 aromatic carbocycles. The first kappa shape index (κ1) is 15.7. The number of aliphatic imine (C=N–C) groups is 1. The Balaban J connectivity index is 1.84. The molecule has 3 rings (SSSR count). The minimum Gasteiger partial charge on any atom is -0.300 e. The van der Waals surface area contributed by atoms with Crippen LogP contribution in [0.25, 0.3) is 6.08 Å². The Hall–Kier alpha value is -2.18. The van der Waals surface area contributed by atoms with Gasteiger partial charge >= 0.3 is 0 Å². The largest absolute Gasteiger partial charge is 0.300 e. The van der Waals surface area contributed by atoms with Crippen molar-refractivity contribution in [3.05, 3.63) is 69.6 Å². The topological polar surface area (TPSA) is 41.5 Å². The summed E-state index contributed by atoms with van der Waals surface area (Å²) < 4.78 is 26.3. The normalized spacial score (nSPS) is 17.8. The molecule has 1 amide bonds. The molecule has 1 heterocycles. The third kappa shape index (κ3) is 3.78. The van der Waals surface area contributed by atoms with E-state index in [0.717, 1.165) is 11.8 Å². The molecule has 0 spiro atoms. The lowest BCUT2D eigenvalue weighted by Crippen LogP contribution is -2.19. The fraction of sp³-hybridized carbons (Fsp3) is 0. The van der Waals surface area contributed by atoms with E-state index in [0.29, 0.717) is 21.3 Å². The van der Waals surface area contributed by atoms with Crippen molar-refractivity contribution in [2.45, 2.75) is 0 Å². The average molecular weight is 351 g/mol. The summed E-state index contributed by atoms with van der Waals surface area (Å²) in [4.78, 5) is 16.5. The quantitative estimate of drug-likeness (QED) is 0.810. The van der Waals surface area contributed by atoms with Crippen LogP contribution in [0.5, 0.6) is 0 Å². The standard InChI is InChI=1S/C16H9ClF2N2OS/c17-12-8-11(4-5-13(12)19)20-16-21-15(22)14(23-16)7-9-2-1-3-10(18)6-9/h1-8H,(H,20,21,22). The van der Waals surface area contributed by atoms with E-state index in [-0.39, 0.29) is 16.7 Å². The number of nitrogens with one attached hydrogen (secondary N) is 1. The Morgan fingerprint density at radius 2 is 2.00 bits per heavy atom. The number of halogens is 3. The summed E-state index contributed by atoms with van der Waals surface area (Å²) in [6.45, 7) is 0. The zero-order valence-electron chi connectivity index (χ0n) is 11.5.